The van der Waals surface area contributed by atoms with Crippen molar-refractivity contribution in [2.45, 2.75) is 6.92 Å². The average molecular weight is 308 g/mol. The highest BCUT2D eigenvalue weighted by Gasteiger charge is 2.15. The Morgan fingerprint density at radius 3 is 2.27 bits per heavy atom. The van der Waals surface area contributed by atoms with Gasteiger partial charge in [-0.25, -0.2) is 0 Å². The van der Waals surface area contributed by atoms with Crippen molar-refractivity contribution in [3.05, 3.63) is 70.9 Å². The summed E-state index contributed by atoms with van der Waals surface area (Å²) in [4.78, 5) is 0. The van der Waals surface area contributed by atoms with Crippen LogP contribution in [-0.4, -0.2) is 4.57 Å². The molecule has 1 aromatic heterocycles. The summed E-state index contributed by atoms with van der Waals surface area (Å²) < 4.78 is 1.84. The van der Waals surface area contributed by atoms with Crippen molar-refractivity contribution in [2.75, 3.05) is 5.73 Å². The first-order valence-corrected chi connectivity index (χ1v) is 7.22. The van der Waals surface area contributed by atoms with Crippen LogP contribution < -0.4 is 5.73 Å². The minimum atomic E-state index is 0.441. The normalized spacial score (nSPS) is 10.4. The van der Waals surface area contributed by atoms with Crippen LogP contribution in [-0.2, 0) is 0 Å². The lowest BCUT2D eigenvalue weighted by molar-refractivity contribution is 1.09. The number of hydrogen-bond donors (Lipinski definition) is 1. The second-order valence-corrected chi connectivity index (χ2v) is 5.56. The summed E-state index contributed by atoms with van der Waals surface area (Å²) in [6.07, 6.45) is 1.89. The standard InChI is InChI=1S/C18H14ClN3/c1-12-2-8-15(9-3-12)22-11-17(16(10-20)18(22)21)13-4-6-14(19)7-5-13/h2-9,11H,21H2,1H3. The molecule has 0 aliphatic carbocycles. The van der Waals surface area contributed by atoms with Crippen LogP contribution in [0.25, 0.3) is 16.8 Å². The molecule has 3 nitrogen and oxygen atoms in total. The number of aryl methyl sites for hydroxylation is 1. The predicted octanol–water partition coefficient (Wildman–Crippen LogP) is 4.56. The molecule has 0 saturated carbocycles. The zero-order chi connectivity index (χ0) is 15.7. The Morgan fingerprint density at radius 1 is 1.05 bits per heavy atom. The SMILES string of the molecule is Cc1ccc(-n2cc(-c3ccc(Cl)cc3)c(C#N)c2N)cc1. The molecule has 0 spiro atoms. The summed E-state index contributed by atoms with van der Waals surface area (Å²) >= 11 is 5.93. The molecule has 1 heterocycles. The molecule has 0 aliphatic heterocycles. The van der Waals surface area contributed by atoms with Crippen molar-refractivity contribution < 1.29 is 0 Å². The van der Waals surface area contributed by atoms with Gasteiger partial charge in [-0.3, -0.25) is 0 Å². The third kappa shape index (κ3) is 2.45. The van der Waals surface area contributed by atoms with Gasteiger partial charge in [0.25, 0.3) is 0 Å². The molecule has 0 bridgehead atoms. The third-order valence-corrected chi connectivity index (χ3v) is 3.87. The number of nitrogens with zero attached hydrogens (tertiary/aromatic N) is 2. The molecular formula is C18H14ClN3. The highest BCUT2D eigenvalue weighted by atomic mass is 35.5. The highest BCUT2D eigenvalue weighted by molar-refractivity contribution is 6.30. The number of hydrogen-bond acceptors (Lipinski definition) is 2. The molecule has 0 atom stereocenters. The molecule has 108 valence electrons. The van der Waals surface area contributed by atoms with Gasteiger partial charge in [0.1, 0.15) is 17.5 Å². The van der Waals surface area contributed by atoms with Gasteiger partial charge in [0, 0.05) is 22.5 Å². The lowest BCUT2D eigenvalue weighted by atomic mass is 10.1. The van der Waals surface area contributed by atoms with E-state index in [2.05, 4.69) is 6.07 Å². The van der Waals surface area contributed by atoms with Gasteiger partial charge in [0.15, 0.2) is 0 Å². The van der Waals surface area contributed by atoms with Crippen LogP contribution in [0, 0.1) is 18.3 Å². The number of rotatable bonds is 2. The van der Waals surface area contributed by atoms with Gasteiger partial charge in [0.05, 0.1) is 0 Å². The fourth-order valence-electron chi connectivity index (χ4n) is 2.41. The molecule has 2 aromatic carbocycles. The smallest absolute Gasteiger partial charge is 0.126 e. The Balaban J connectivity index is 2.17. The second kappa shape index (κ2) is 5.59. The van der Waals surface area contributed by atoms with Gasteiger partial charge >= 0.3 is 0 Å². The quantitative estimate of drug-likeness (QED) is 0.754. The molecule has 22 heavy (non-hydrogen) atoms. The third-order valence-electron chi connectivity index (χ3n) is 3.62. The summed E-state index contributed by atoms with van der Waals surface area (Å²) in [6.45, 7) is 2.03. The first kappa shape index (κ1) is 14.2. The predicted molar refractivity (Wildman–Crippen MR) is 90.1 cm³/mol. The summed E-state index contributed by atoms with van der Waals surface area (Å²) in [5, 5.41) is 10.1. The van der Waals surface area contributed by atoms with E-state index in [1.54, 1.807) is 12.1 Å². The van der Waals surface area contributed by atoms with Gasteiger partial charge in [-0.1, -0.05) is 41.4 Å². The minimum absolute atomic E-state index is 0.441. The van der Waals surface area contributed by atoms with Gasteiger partial charge in [-0.2, -0.15) is 5.26 Å². The Kier molecular flexibility index (Phi) is 3.62. The van der Waals surface area contributed by atoms with E-state index in [0.29, 0.717) is 16.4 Å². The number of aromatic nitrogens is 1. The van der Waals surface area contributed by atoms with E-state index >= 15 is 0 Å². The molecule has 0 radical (unpaired) electrons. The van der Waals surface area contributed by atoms with Crippen LogP contribution >= 0.6 is 11.6 Å². The first-order chi connectivity index (χ1) is 10.6. The number of nitrogen functional groups attached to an aromatic ring is 1. The number of nitriles is 1. The molecule has 0 saturated heterocycles. The van der Waals surface area contributed by atoms with E-state index in [4.69, 9.17) is 17.3 Å². The zero-order valence-corrected chi connectivity index (χ0v) is 12.8. The lowest BCUT2D eigenvalue weighted by Crippen LogP contribution is -1.99. The lowest BCUT2D eigenvalue weighted by Gasteiger charge is -2.05. The molecular weight excluding hydrogens is 294 g/mol. The van der Waals surface area contributed by atoms with E-state index in [-0.39, 0.29) is 0 Å². The first-order valence-electron chi connectivity index (χ1n) is 6.84. The maximum atomic E-state index is 9.45. The molecule has 0 amide bonds. The van der Waals surface area contributed by atoms with Crippen LogP contribution in [0.4, 0.5) is 5.82 Å². The maximum Gasteiger partial charge on any atom is 0.126 e. The largest absolute Gasteiger partial charge is 0.384 e. The fourth-order valence-corrected chi connectivity index (χ4v) is 2.53. The van der Waals surface area contributed by atoms with E-state index in [9.17, 15) is 5.26 Å². The molecule has 2 N–H and O–H groups in total. The fraction of sp³-hybridized carbons (Fsp3) is 0.0556. The molecule has 3 aromatic rings. The second-order valence-electron chi connectivity index (χ2n) is 5.13. The van der Waals surface area contributed by atoms with Crippen molar-refractivity contribution in [1.82, 2.24) is 4.57 Å². The van der Waals surface area contributed by atoms with Crippen LogP contribution in [0.5, 0.6) is 0 Å². The van der Waals surface area contributed by atoms with Crippen molar-refractivity contribution in [3.8, 4) is 22.9 Å². The zero-order valence-electron chi connectivity index (χ0n) is 12.0. The summed E-state index contributed by atoms with van der Waals surface area (Å²) in [5.74, 6) is 0.441. The molecule has 0 fully saturated rings. The average Bonchev–Trinajstić information content (AvgIpc) is 2.85. The van der Waals surface area contributed by atoms with E-state index in [0.717, 1.165) is 16.8 Å². The van der Waals surface area contributed by atoms with Crippen molar-refractivity contribution >= 4 is 17.4 Å². The molecule has 4 heteroatoms. The van der Waals surface area contributed by atoms with Crippen molar-refractivity contribution in [3.63, 3.8) is 0 Å². The van der Waals surface area contributed by atoms with E-state index in [1.807, 2.05) is 54.1 Å². The molecule has 0 unspecified atom stereocenters. The molecule has 0 aliphatic rings. The highest BCUT2D eigenvalue weighted by Crippen LogP contribution is 2.32. The van der Waals surface area contributed by atoms with Crippen LogP contribution in [0.2, 0.25) is 5.02 Å². The van der Waals surface area contributed by atoms with Gasteiger partial charge in [0.2, 0.25) is 0 Å². The van der Waals surface area contributed by atoms with Crippen LogP contribution in [0.3, 0.4) is 0 Å². The summed E-state index contributed by atoms with van der Waals surface area (Å²) in [5.41, 5.74) is 10.5. The maximum absolute atomic E-state index is 9.45. The number of benzene rings is 2. The Labute approximate surface area is 134 Å². The Morgan fingerprint density at radius 2 is 1.68 bits per heavy atom. The number of halogens is 1. The minimum Gasteiger partial charge on any atom is -0.384 e. The summed E-state index contributed by atoms with van der Waals surface area (Å²) in [6, 6.07) is 17.6. The summed E-state index contributed by atoms with van der Waals surface area (Å²) in [7, 11) is 0. The van der Waals surface area contributed by atoms with Gasteiger partial charge < -0.3 is 10.3 Å². The van der Waals surface area contributed by atoms with Crippen molar-refractivity contribution in [1.29, 1.82) is 5.26 Å². The van der Waals surface area contributed by atoms with Crippen molar-refractivity contribution in [2.24, 2.45) is 0 Å². The number of nitrogens with two attached hydrogens (primary N) is 1. The van der Waals surface area contributed by atoms with E-state index < -0.39 is 0 Å². The van der Waals surface area contributed by atoms with E-state index in [1.165, 1.54) is 5.56 Å². The number of anilines is 1. The Hall–Kier alpha value is -2.70. The Bertz CT molecular complexity index is 853. The monoisotopic (exact) mass is 307 g/mol. The van der Waals surface area contributed by atoms with Gasteiger partial charge in [-0.05, 0) is 36.8 Å². The molecule has 3 rings (SSSR count). The van der Waals surface area contributed by atoms with Crippen LogP contribution in [0.1, 0.15) is 11.1 Å². The van der Waals surface area contributed by atoms with Gasteiger partial charge in [-0.15, -0.1) is 0 Å². The topological polar surface area (TPSA) is 54.7 Å². The van der Waals surface area contributed by atoms with Crippen LogP contribution in [0.15, 0.2) is 54.7 Å².